The molecule has 1 saturated heterocycles. The molecule has 10 nitrogen and oxygen atoms in total. The van der Waals surface area contributed by atoms with Crippen LogP contribution in [0.2, 0.25) is 0 Å². The zero-order valence-corrected chi connectivity index (χ0v) is 25.2. The van der Waals surface area contributed by atoms with Crippen molar-refractivity contribution in [2.75, 3.05) is 74.3 Å². The minimum Gasteiger partial charge on any atom is -0.378 e. The van der Waals surface area contributed by atoms with Gasteiger partial charge in [-0.2, -0.15) is 13.2 Å². The Balaban J connectivity index is 1.31. The van der Waals surface area contributed by atoms with Crippen molar-refractivity contribution in [2.45, 2.75) is 25.7 Å². The summed E-state index contributed by atoms with van der Waals surface area (Å²) in [6.45, 7) is 4.80. The molecule has 1 aromatic heterocycles. The van der Waals surface area contributed by atoms with Gasteiger partial charge in [0.1, 0.15) is 17.9 Å². The van der Waals surface area contributed by atoms with E-state index in [0.717, 1.165) is 37.2 Å². The number of halogens is 3. The molecular weight excluding hydrogens is 571 g/mol. The summed E-state index contributed by atoms with van der Waals surface area (Å²) in [5, 5.41) is 7.54. The van der Waals surface area contributed by atoms with Gasteiger partial charge in [0.2, 0.25) is 5.95 Å². The minimum atomic E-state index is -4.52. The summed E-state index contributed by atoms with van der Waals surface area (Å²) in [6, 6.07) is 9.02. The molecule has 44 heavy (non-hydrogen) atoms. The van der Waals surface area contributed by atoms with Gasteiger partial charge >= 0.3 is 6.18 Å². The molecule has 0 bridgehead atoms. The lowest BCUT2D eigenvalue weighted by Crippen LogP contribution is -2.41. The second-order valence-corrected chi connectivity index (χ2v) is 11.2. The molecule has 0 spiro atoms. The molecule has 2 aliphatic heterocycles. The van der Waals surface area contributed by atoms with Gasteiger partial charge in [0.05, 0.1) is 23.7 Å². The van der Waals surface area contributed by atoms with Crippen LogP contribution < -0.4 is 31.1 Å². The van der Waals surface area contributed by atoms with Crippen LogP contribution in [0.1, 0.15) is 27.9 Å². The summed E-state index contributed by atoms with van der Waals surface area (Å²) < 4.78 is 41.1. The van der Waals surface area contributed by atoms with Gasteiger partial charge in [-0.3, -0.25) is 4.79 Å². The summed E-state index contributed by atoms with van der Waals surface area (Å²) in [4.78, 5) is 36.9. The van der Waals surface area contributed by atoms with Crippen molar-refractivity contribution in [1.82, 2.24) is 14.9 Å². The molecule has 1 unspecified atom stereocenters. The fourth-order valence-electron chi connectivity index (χ4n) is 4.68. The van der Waals surface area contributed by atoms with Crippen LogP contribution in [-0.4, -0.2) is 87.0 Å². The quantitative estimate of drug-likeness (QED) is 0.321. The van der Waals surface area contributed by atoms with E-state index in [1.807, 2.05) is 38.1 Å². The van der Waals surface area contributed by atoms with Gasteiger partial charge in [-0.25, -0.2) is 20.0 Å². The fraction of sp³-hybridized carbons (Fsp3) is 0.387. The maximum absolute atomic E-state index is 13.7. The normalized spacial score (nSPS) is 15.9. The monoisotopic (exact) mass is 607 g/mol. The first kappa shape index (κ1) is 30.9. The molecule has 2 N–H and O–H groups in total. The van der Waals surface area contributed by atoms with Crippen LogP contribution in [0.25, 0.3) is 6.08 Å². The molecule has 2 aliphatic rings. The predicted molar refractivity (Wildman–Crippen MR) is 167 cm³/mol. The van der Waals surface area contributed by atoms with Crippen LogP contribution in [0.3, 0.4) is 0 Å². The molecule has 5 rings (SSSR count). The number of fused-ring (bicyclic) bond motifs is 1. The highest BCUT2D eigenvalue weighted by Crippen LogP contribution is 2.34. The van der Waals surface area contributed by atoms with Crippen molar-refractivity contribution < 1.29 is 18.0 Å². The van der Waals surface area contributed by atoms with Crippen LogP contribution in [0.4, 0.5) is 36.2 Å². The minimum absolute atomic E-state index is 0.180. The Hall–Kier alpha value is -4.52. The standard InChI is InChI=1S/C31H36F3N9O/c1-20-6-7-21(12-25(20)39-29-16-26-27(37-19-38-29)17-36-30(40-26)43-8-5-9-43)28(44)18-35-23-13-22(31(32,33)34)14-24(15-23)42(4)11-10-41(2)3/h6-7,12-17,19,29,35,39H,5,8-11,18H2,1-4H3. The van der Waals surface area contributed by atoms with E-state index in [9.17, 15) is 18.0 Å². The van der Waals surface area contributed by atoms with Gasteiger partial charge in [0.15, 0.2) is 5.78 Å². The number of Topliss-reactive ketones (excluding diaryl/α,β-unsaturated/α-hetero) is 1. The van der Waals surface area contributed by atoms with Crippen LogP contribution in [0.15, 0.2) is 52.6 Å². The summed E-state index contributed by atoms with van der Waals surface area (Å²) >= 11 is 0. The topological polar surface area (TPSA) is 101 Å². The fourth-order valence-corrected chi connectivity index (χ4v) is 4.68. The number of rotatable bonds is 11. The van der Waals surface area contributed by atoms with Crippen LogP contribution in [0, 0.1) is 6.92 Å². The number of carbonyl (C=O) groups is 1. The SMILES string of the molecule is Cc1ccc(C(=O)CNc2cc(N(C)CCN(C)C)cc(C(F)(F)F)c2)cc1NC1C=c2nc(N3CCC3)ncc2=NC=N1. The molecule has 1 atom stereocenters. The lowest BCUT2D eigenvalue weighted by atomic mass is 10.1. The van der Waals surface area contributed by atoms with Gasteiger partial charge in [-0.05, 0) is 63.3 Å². The molecule has 0 radical (unpaired) electrons. The molecule has 13 heteroatoms. The number of benzene rings is 2. The number of carbonyl (C=O) groups excluding carboxylic acids is 1. The highest BCUT2D eigenvalue weighted by atomic mass is 19.4. The first-order chi connectivity index (χ1) is 21.0. The number of anilines is 4. The summed E-state index contributed by atoms with van der Waals surface area (Å²) in [5.41, 5.74) is 1.85. The second kappa shape index (κ2) is 13.0. The van der Waals surface area contributed by atoms with Crippen LogP contribution in [0.5, 0.6) is 0 Å². The number of alkyl halides is 3. The van der Waals surface area contributed by atoms with Crippen molar-refractivity contribution in [3.8, 4) is 0 Å². The molecule has 1 fully saturated rings. The van der Waals surface area contributed by atoms with Gasteiger partial charge in [-0.15, -0.1) is 0 Å². The van der Waals surface area contributed by atoms with E-state index in [1.165, 1.54) is 6.34 Å². The Bertz CT molecular complexity index is 1670. The van der Waals surface area contributed by atoms with Gasteiger partial charge in [0, 0.05) is 55.9 Å². The first-order valence-corrected chi connectivity index (χ1v) is 14.4. The van der Waals surface area contributed by atoms with Gasteiger partial charge < -0.3 is 25.3 Å². The molecule has 3 aromatic rings. The molecule has 2 aromatic carbocycles. The van der Waals surface area contributed by atoms with Gasteiger partial charge in [0.25, 0.3) is 0 Å². The highest BCUT2D eigenvalue weighted by molar-refractivity contribution is 6.00. The molecule has 0 aliphatic carbocycles. The van der Waals surface area contributed by atoms with Crippen LogP contribution >= 0.6 is 0 Å². The van der Waals surface area contributed by atoms with E-state index in [4.69, 9.17) is 0 Å². The Morgan fingerprint density at radius 1 is 1.09 bits per heavy atom. The zero-order chi connectivity index (χ0) is 31.4. The average Bonchev–Trinajstić information content (AvgIpc) is 3.15. The number of nitrogens with zero attached hydrogens (tertiary/aromatic N) is 7. The van der Waals surface area contributed by atoms with Crippen molar-refractivity contribution in [2.24, 2.45) is 9.98 Å². The number of hydrogen-bond acceptors (Lipinski definition) is 10. The number of ketones is 1. The number of hydrogen-bond donors (Lipinski definition) is 2. The number of aryl methyl sites for hydroxylation is 1. The van der Waals surface area contributed by atoms with Gasteiger partial charge in [-0.1, -0.05) is 12.1 Å². The van der Waals surface area contributed by atoms with Crippen molar-refractivity contribution >= 4 is 41.2 Å². The van der Waals surface area contributed by atoms with E-state index in [0.29, 0.717) is 46.7 Å². The first-order valence-electron chi connectivity index (χ1n) is 14.4. The average molecular weight is 608 g/mol. The Kier molecular flexibility index (Phi) is 9.14. The summed E-state index contributed by atoms with van der Waals surface area (Å²) in [6.07, 6.45) is 1.11. The van der Waals surface area contributed by atoms with Crippen LogP contribution in [-0.2, 0) is 6.18 Å². The molecular formula is C31H36F3N9O. The third-order valence-corrected chi connectivity index (χ3v) is 7.55. The third kappa shape index (κ3) is 7.51. The van der Waals surface area contributed by atoms with E-state index >= 15 is 0 Å². The Labute approximate surface area is 254 Å². The van der Waals surface area contributed by atoms with Crippen molar-refractivity contribution in [3.05, 3.63) is 70.0 Å². The summed E-state index contributed by atoms with van der Waals surface area (Å²) in [7, 11) is 5.55. The maximum atomic E-state index is 13.7. The number of aromatic nitrogens is 2. The predicted octanol–water partition coefficient (Wildman–Crippen LogP) is 3.19. The van der Waals surface area contributed by atoms with E-state index in [1.54, 1.807) is 36.3 Å². The number of likely N-dealkylation sites (N-methyl/N-ethyl adjacent to an activating group) is 2. The molecule has 232 valence electrons. The van der Waals surface area contributed by atoms with E-state index < -0.39 is 17.9 Å². The molecule has 0 saturated carbocycles. The largest absolute Gasteiger partial charge is 0.416 e. The molecule has 3 heterocycles. The maximum Gasteiger partial charge on any atom is 0.416 e. The Morgan fingerprint density at radius 3 is 2.59 bits per heavy atom. The summed E-state index contributed by atoms with van der Waals surface area (Å²) in [5.74, 6) is 0.389. The van der Waals surface area contributed by atoms with Crippen molar-refractivity contribution in [3.63, 3.8) is 0 Å². The zero-order valence-electron chi connectivity index (χ0n) is 25.2. The number of aliphatic imine (C=N–C) groups is 1. The third-order valence-electron chi connectivity index (χ3n) is 7.55. The van der Waals surface area contributed by atoms with Crippen molar-refractivity contribution in [1.29, 1.82) is 0 Å². The molecule has 0 amide bonds. The van der Waals surface area contributed by atoms with E-state index in [-0.39, 0.29) is 18.0 Å². The highest BCUT2D eigenvalue weighted by Gasteiger charge is 2.31. The lowest BCUT2D eigenvalue weighted by Gasteiger charge is -2.30. The smallest absolute Gasteiger partial charge is 0.378 e. The van der Waals surface area contributed by atoms with E-state index in [2.05, 4.69) is 35.5 Å². The Morgan fingerprint density at radius 2 is 1.89 bits per heavy atom. The lowest BCUT2D eigenvalue weighted by molar-refractivity contribution is -0.137. The number of nitrogens with one attached hydrogen (secondary N) is 2. The second-order valence-electron chi connectivity index (χ2n) is 11.2.